The lowest BCUT2D eigenvalue weighted by Crippen LogP contribution is -2.12. The van der Waals surface area contributed by atoms with Crippen LogP contribution in [0, 0.1) is 0 Å². The van der Waals surface area contributed by atoms with Crippen molar-refractivity contribution in [3.8, 4) is 0 Å². The highest BCUT2D eigenvalue weighted by atomic mass is 32.2. The molecule has 1 aromatic carbocycles. The molecule has 0 aliphatic carbocycles. The molecule has 1 aliphatic heterocycles. The first-order valence-corrected chi connectivity index (χ1v) is 9.69. The molecule has 0 amide bonds. The molecule has 1 saturated heterocycles. The van der Waals surface area contributed by atoms with Gasteiger partial charge in [0.1, 0.15) is 5.25 Å². The van der Waals surface area contributed by atoms with Crippen LogP contribution < -0.4 is 5.14 Å². The number of fused-ring (bicyclic) bond motifs is 1. The molecule has 124 valence electrons. The Morgan fingerprint density at radius 3 is 2.87 bits per heavy atom. The van der Waals surface area contributed by atoms with Crippen LogP contribution in [-0.4, -0.2) is 35.8 Å². The number of sulfonamides is 1. The van der Waals surface area contributed by atoms with Crippen molar-refractivity contribution in [1.29, 1.82) is 0 Å². The molecule has 9 heteroatoms. The maximum absolute atomic E-state index is 11.7. The molecule has 1 aromatic heterocycles. The van der Waals surface area contributed by atoms with Crippen LogP contribution in [0.25, 0.3) is 11.0 Å². The van der Waals surface area contributed by atoms with E-state index < -0.39 is 10.0 Å². The molecule has 0 radical (unpaired) electrons. The number of primary sulfonamides is 1. The fraction of sp³-hybridized carbons (Fsp3) is 0.429. The molecule has 1 atom stereocenters. The minimum absolute atomic E-state index is 0.0305. The van der Waals surface area contributed by atoms with E-state index in [1.54, 1.807) is 6.07 Å². The Morgan fingerprint density at radius 1 is 1.48 bits per heavy atom. The maximum atomic E-state index is 11.7. The van der Waals surface area contributed by atoms with E-state index in [0.717, 1.165) is 18.5 Å². The number of carbonyl (C=O) groups is 1. The highest BCUT2D eigenvalue weighted by Crippen LogP contribution is 2.32. The standard InChI is InChI=1S/C14H17N3O4S2/c1-2-6-17-11-4-3-9(23(15,19)20)8-10(11)16-14(17)22-12-5-7-21-13(12)18/h3-4,8,12H,2,5-7H2,1H3,(H2,15,19,20). The number of benzene rings is 1. The molecular weight excluding hydrogens is 338 g/mol. The largest absolute Gasteiger partial charge is 0.465 e. The Balaban J connectivity index is 2.05. The smallest absolute Gasteiger partial charge is 0.319 e. The summed E-state index contributed by atoms with van der Waals surface area (Å²) in [6, 6.07) is 4.65. The second-order valence-electron chi connectivity index (χ2n) is 5.30. The monoisotopic (exact) mass is 355 g/mol. The van der Waals surface area contributed by atoms with Gasteiger partial charge < -0.3 is 9.30 Å². The van der Waals surface area contributed by atoms with Gasteiger partial charge in [0, 0.05) is 13.0 Å². The molecule has 2 aromatic rings. The van der Waals surface area contributed by atoms with E-state index in [2.05, 4.69) is 4.98 Å². The Kier molecular flexibility index (Phi) is 4.35. The van der Waals surface area contributed by atoms with Crippen molar-refractivity contribution in [2.75, 3.05) is 6.61 Å². The molecule has 23 heavy (non-hydrogen) atoms. The minimum atomic E-state index is -3.77. The average Bonchev–Trinajstić information content (AvgIpc) is 3.03. The van der Waals surface area contributed by atoms with Crippen LogP contribution >= 0.6 is 11.8 Å². The van der Waals surface area contributed by atoms with Gasteiger partial charge in [-0.1, -0.05) is 18.7 Å². The van der Waals surface area contributed by atoms with Crippen LogP contribution in [0.2, 0.25) is 0 Å². The van der Waals surface area contributed by atoms with Gasteiger partial charge in [-0.05, 0) is 24.6 Å². The van der Waals surface area contributed by atoms with Crippen LogP contribution in [0.1, 0.15) is 19.8 Å². The van der Waals surface area contributed by atoms with Crippen molar-refractivity contribution in [3.63, 3.8) is 0 Å². The predicted octanol–water partition coefficient (Wildman–Crippen LogP) is 1.50. The van der Waals surface area contributed by atoms with Crippen molar-refractivity contribution in [1.82, 2.24) is 9.55 Å². The lowest BCUT2D eigenvalue weighted by atomic mass is 10.3. The van der Waals surface area contributed by atoms with Crippen LogP contribution in [0.4, 0.5) is 0 Å². The van der Waals surface area contributed by atoms with E-state index in [4.69, 9.17) is 9.88 Å². The zero-order valence-corrected chi connectivity index (χ0v) is 14.2. The van der Waals surface area contributed by atoms with E-state index in [0.29, 0.717) is 23.7 Å². The van der Waals surface area contributed by atoms with Crippen LogP contribution in [0.3, 0.4) is 0 Å². The fourth-order valence-electron chi connectivity index (χ4n) is 2.51. The van der Waals surface area contributed by atoms with Gasteiger partial charge in [0.2, 0.25) is 10.0 Å². The maximum Gasteiger partial charge on any atom is 0.319 e. The summed E-state index contributed by atoms with van der Waals surface area (Å²) >= 11 is 1.36. The Morgan fingerprint density at radius 2 is 2.26 bits per heavy atom. The summed E-state index contributed by atoms with van der Waals surface area (Å²) in [5, 5.41) is 5.60. The highest BCUT2D eigenvalue weighted by Gasteiger charge is 2.29. The third-order valence-corrected chi connectivity index (χ3v) is 5.74. The number of carbonyl (C=O) groups excluding carboxylic acids is 1. The first-order chi connectivity index (χ1) is 10.9. The fourth-order valence-corrected chi connectivity index (χ4v) is 4.14. The molecule has 7 nitrogen and oxygen atoms in total. The average molecular weight is 355 g/mol. The number of cyclic esters (lactones) is 1. The van der Waals surface area contributed by atoms with Crippen LogP contribution in [0.5, 0.6) is 0 Å². The number of nitrogens with two attached hydrogens (primary N) is 1. The van der Waals surface area contributed by atoms with Gasteiger partial charge in [-0.15, -0.1) is 0 Å². The summed E-state index contributed by atoms with van der Waals surface area (Å²) in [6.07, 6.45) is 1.55. The first-order valence-electron chi connectivity index (χ1n) is 7.26. The van der Waals surface area contributed by atoms with Crippen LogP contribution in [0.15, 0.2) is 28.3 Å². The van der Waals surface area contributed by atoms with Gasteiger partial charge in [-0.2, -0.15) is 0 Å². The number of aromatic nitrogens is 2. The Labute approximate surface area is 138 Å². The van der Waals surface area contributed by atoms with Gasteiger partial charge in [-0.3, -0.25) is 4.79 Å². The molecule has 3 rings (SSSR count). The third-order valence-electron chi connectivity index (χ3n) is 3.60. The van der Waals surface area contributed by atoms with Crippen LogP contribution in [-0.2, 0) is 26.1 Å². The van der Waals surface area contributed by atoms with Crippen molar-refractivity contribution in [3.05, 3.63) is 18.2 Å². The van der Waals surface area contributed by atoms with Crippen molar-refractivity contribution < 1.29 is 17.9 Å². The quantitative estimate of drug-likeness (QED) is 0.815. The van der Waals surface area contributed by atoms with Gasteiger partial charge >= 0.3 is 5.97 Å². The third kappa shape index (κ3) is 3.22. The second kappa shape index (κ2) is 6.14. The van der Waals surface area contributed by atoms with Crippen molar-refractivity contribution >= 4 is 38.8 Å². The van der Waals surface area contributed by atoms with Gasteiger partial charge in [-0.25, -0.2) is 18.5 Å². The molecular formula is C14H17N3O4S2. The number of rotatable bonds is 5. The van der Waals surface area contributed by atoms with Crippen molar-refractivity contribution in [2.45, 2.75) is 41.6 Å². The molecule has 1 aliphatic rings. The normalized spacial score (nSPS) is 18.5. The lowest BCUT2D eigenvalue weighted by molar-refractivity contribution is -0.137. The predicted molar refractivity (Wildman–Crippen MR) is 86.6 cm³/mol. The number of esters is 1. The molecule has 0 bridgehead atoms. The van der Waals surface area contributed by atoms with Crippen molar-refractivity contribution in [2.24, 2.45) is 5.14 Å². The number of aryl methyl sites for hydroxylation is 1. The number of hydrogen-bond acceptors (Lipinski definition) is 6. The molecule has 0 saturated carbocycles. The first kappa shape index (κ1) is 16.3. The van der Waals surface area contributed by atoms with Gasteiger partial charge in [0.15, 0.2) is 5.16 Å². The summed E-state index contributed by atoms with van der Waals surface area (Å²) in [6.45, 7) is 3.21. The van der Waals surface area contributed by atoms with E-state index >= 15 is 0 Å². The Bertz CT molecular complexity index is 860. The molecule has 0 spiro atoms. The van der Waals surface area contributed by atoms with Gasteiger partial charge in [0.25, 0.3) is 0 Å². The summed E-state index contributed by atoms with van der Waals surface area (Å²) in [7, 11) is -3.77. The number of hydrogen-bond donors (Lipinski definition) is 1. The minimum Gasteiger partial charge on any atom is -0.465 e. The number of nitrogens with zero attached hydrogens (tertiary/aromatic N) is 2. The zero-order chi connectivity index (χ0) is 16.6. The molecule has 1 fully saturated rings. The highest BCUT2D eigenvalue weighted by molar-refractivity contribution is 8.00. The summed E-state index contributed by atoms with van der Waals surface area (Å²) < 4.78 is 30.0. The van der Waals surface area contributed by atoms with Gasteiger partial charge in [0.05, 0.1) is 22.5 Å². The van der Waals surface area contributed by atoms with E-state index in [9.17, 15) is 13.2 Å². The SMILES string of the molecule is CCCn1c(SC2CCOC2=O)nc2cc(S(N)(=O)=O)ccc21. The number of ether oxygens (including phenoxy) is 1. The Hall–Kier alpha value is -1.58. The lowest BCUT2D eigenvalue weighted by Gasteiger charge is -2.09. The molecule has 2 N–H and O–H groups in total. The topological polar surface area (TPSA) is 104 Å². The summed E-state index contributed by atoms with van der Waals surface area (Å²) in [5.74, 6) is -0.227. The number of imidazole rings is 1. The van der Waals surface area contributed by atoms with E-state index in [-0.39, 0.29) is 16.1 Å². The second-order valence-corrected chi connectivity index (χ2v) is 8.04. The number of thioether (sulfide) groups is 1. The molecule has 2 heterocycles. The van der Waals surface area contributed by atoms with E-state index in [1.807, 2.05) is 11.5 Å². The zero-order valence-electron chi connectivity index (χ0n) is 12.6. The van der Waals surface area contributed by atoms with E-state index in [1.165, 1.54) is 23.9 Å². The summed E-state index contributed by atoms with van der Waals surface area (Å²) in [5.41, 5.74) is 1.38. The summed E-state index contributed by atoms with van der Waals surface area (Å²) in [4.78, 5) is 16.2. The molecule has 1 unspecified atom stereocenters.